The van der Waals surface area contributed by atoms with Gasteiger partial charge in [0.25, 0.3) is 0 Å². The number of amides is 1. The third-order valence-corrected chi connectivity index (χ3v) is 4.17. The Labute approximate surface area is 126 Å². The lowest BCUT2D eigenvalue weighted by Gasteiger charge is -2.18. The monoisotopic (exact) mass is 334 g/mol. The highest BCUT2D eigenvalue weighted by molar-refractivity contribution is 9.10. The van der Waals surface area contributed by atoms with E-state index < -0.39 is 0 Å². The van der Waals surface area contributed by atoms with E-state index in [1.165, 1.54) is 0 Å². The van der Waals surface area contributed by atoms with E-state index in [4.69, 9.17) is 0 Å². The maximum Gasteiger partial charge on any atom is 0.225 e. The molecule has 1 saturated heterocycles. The summed E-state index contributed by atoms with van der Waals surface area (Å²) < 4.78 is 0.792. The van der Waals surface area contributed by atoms with E-state index in [0.717, 1.165) is 30.3 Å². The molecular weight excluding hydrogens is 320 g/mol. The molecule has 3 rings (SSSR count). The third-order valence-electron chi connectivity index (χ3n) is 3.74. The first-order valence-electron chi connectivity index (χ1n) is 6.78. The predicted molar refractivity (Wildman–Crippen MR) is 78.1 cm³/mol. The van der Waals surface area contributed by atoms with Crippen molar-refractivity contribution in [3.63, 3.8) is 0 Å². The number of carbonyl (C=O) groups excluding carboxylic acids is 1. The Hall–Kier alpha value is -1.61. The van der Waals surface area contributed by atoms with Crippen molar-refractivity contribution in [2.45, 2.75) is 25.3 Å². The Morgan fingerprint density at radius 3 is 3.00 bits per heavy atom. The van der Waals surface area contributed by atoms with Crippen molar-refractivity contribution < 1.29 is 4.79 Å². The topological polar surface area (TPSA) is 69.0 Å². The molecule has 2 heterocycles. The molecule has 1 aliphatic heterocycles. The first kappa shape index (κ1) is 13.4. The second-order valence-corrected chi connectivity index (χ2v) is 6.27. The number of rotatable bonds is 3. The fraction of sp³-hybridized carbons (Fsp3) is 0.500. The number of carbonyl (C=O) groups is 1. The number of hydrogen-bond acceptors (Lipinski definition) is 4. The van der Waals surface area contributed by atoms with Crippen LogP contribution in [0.1, 0.15) is 24.8 Å². The number of anilines is 1. The van der Waals surface area contributed by atoms with E-state index in [1.807, 2.05) is 4.90 Å². The lowest BCUT2D eigenvalue weighted by molar-refractivity contribution is -0.124. The minimum Gasteiger partial charge on any atom is -0.355 e. The molecule has 2 fully saturated rings. The zero-order chi connectivity index (χ0) is 14.1. The molecule has 1 amide bonds. The number of aromatic nitrogens is 1. The molecule has 1 N–H and O–H groups in total. The van der Waals surface area contributed by atoms with Crippen LogP contribution in [0.5, 0.6) is 0 Å². The van der Waals surface area contributed by atoms with Gasteiger partial charge in [-0.1, -0.05) is 0 Å². The largest absolute Gasteiger partial charge is 0.355 e. The van der Waals surface area contributed by atoms with Crippen LogP contribution < -0.4 is 10.2 Å². The summed E-state index contributed by atoms with van der Waals surface area (Å²) in [5.74, 6) is 0.829. The van der Waals surface area contributed by atoms with Crippen LogP contribution in [0.25, 0.3) is 0 Å². The molecular formula is C14H15BrN4O. The van der Waals surface area contributed by atoms with E-state index in [-0.39, 0.29) is 11.8 Å². The number of nitrogens with one attached hydrogen (secondary N) is 1. The van der Waals surface area contributed by atoms with E-state index in [2.05, 4.69) is 32.3 Å². The summed E-state index contributed by atoms with van der Waals surface area (Å²) >= 11 is 3.32. The molecule has 2 aliphatic rings. The Bertz CT molecular complexity index is 579. The van der Waals surface area contributed by atoms with Crippen LogP contribution in [0.2, 0.25) is 0 Å². The van der Waals surface area contributed by atoms with Gasteiger partial charge in [0.2, 0.25) is 5.91 Å². The van der Waals surface area contributed by atoms with Crippen molar-refractivity contribution in [2.75, 3.05) is 18.0 Å². The molecule has 5 nitrogen and oxygen atoms in total. The van der Waals surface area contributed by atoms with Gasteiger partial charge in [-0.3, -0.25) is 4.79 Å². The molecule has 1 aromatic heterocycles. The second-order valence-electron chi connectivity index (χ2n) is 5.35. The SMILES string of the molecule is N#Cc1cc(Br)cnc1N1CCC(C(=O)NC2CC2)C1. The Morgan fingerprint density at radius 1 is 1.50 bits per heavy atom. The van der Waals surface area contributed by atoms with Crippen molar-refractivity contribution in [3.05, 3.63) is 22.3 Å². The second kappa shape index (κ2) is 5.41. The molecule has 0 spiro atoms. The molecule has 0 radical (unpaired) electrons. The molecule has 0 aromatic carbocycles. The van der Waals surface area contributed by atoms with Crippen molar-refractivity contribution in [3.8, 4) is 6.07 Å². The summed E-state index contributed by atoms with van der Waals surface area (Å²) in [6.45, 7) is 1.41. The fourth-order valence-electron chi connectivity index (χ4n) is 2.48. The van der Waals surface area contributed by atoms with Crippen LogP contribution in [0.15, 0.2) is 16.7 Å². The smallest absolute Gasteiger partial charge is 0.225 e. The minimum absolute atomic E-state index is 0.00703. The summed E-state index contributed by atoms with van der Waals surface area (Å²) in [6, 6.07) is 4.33. The van der Waals surface area contributed by atoms with E-state index in [1.54, 1.807) is 12.3 Å². The van der Waals surface area contributed by atoms with Crippen molar-refractivity contribution in [1.82, 2.24) is 10.3 Å². The van der Waals surface area contributed by atoms with Crippen LogP contribution in [0.3, 0.4) is 0 Å². The molecule has 1 aliphatic carbocycles. The molecule has 104 valence electrons. The van der Waals surface area contributed by atoms with Crippen LogP contribution in [0, 0.1) is 17.2 Å². The predicted octanol–water partition coefficient (Wildman–Crippen LogP) is 1.82. The average molecular weight is 335 g/mol. The lowest BCUT2D eigenvalue weighted by atomic mass is 10.1. The van der Waals surface area contributed by atoms with Gasteiger partial charge in [-0.25, -0.2) is 4.98 Å². The summed E-state index contributed by atoms with van der Waals surface area (Å²) in [7, 11) is 0. The highest BCUT2D eigenvalue weighted by atomic mass is 79.9. The number of pyridine rings is 1. The average Bonchev–Trinajstić information content (AvgIpc) is 3.12. The van der Waals surface area contributed by atoms with Crippen molar-refractivity contribution in [2.24, 2.45) is 5.92 Å². The summed E-state index contributed by atoms with van der Waals surface area (Å²) in [4.78, 5) is 18.4. The standard InChI is InChI=1S/C14H15BrN4O/c15-11-5-10(6-16)13(17-7-11)19-4-3-9(8-19)14(20)18-12-1-2-12/h5,7,9,12H,1-4,8H2,(H,18,20). The van der Waals surface area contributed by atoms with E-state index >= 15 is 0 Å². The van der Waals surface area contributed by atoms with Gasteiger partial charge in [0, 0.05) is 29.8 Å². The van der Waals surface area contributed by atoms with Crippen LogP contribution in [-0.2, 0) is 4.79 Å². The summed E-state index contributed by atoms with van der Waals surface area (Å²) in [6.07, 6.45) is 4.72. The third kappa shape index (κ3) is 2.78. The highest BCUT2D eigenvalue weighted by Gasteiger charge is 2.33. The number of nitrogens with zero attached hydrogens (tertiary/aromatic N) is 3. The van der Waals surface area contributed by atoms with Gasteiger partial charge in [0.15, 0.2) is 0 Å². The lowest BCUT2D eigenvalue weighted by Crippen LogP contribution is -2.34. The molecule has 1 unspecified atom stereocenters. The number of hydrogen-bond donors (Lipinski definition) is 1. The normalized spacial score (nSPS) is 21.6. The molecule has 1 atom stereocenters. The number of nitriles is 1. The minimum atomic E-state index is 0.00703. The fourth-order valence-corrected chi connectivity index (χ4v) is 2.81. The molecule has 1 saturated carbocycles. The molecule has 20 heavy (non-hydrogen) atoms. The molecule has 1 aromatic rings. The summed E-state index contributed by atoms with van der Waals surface area (Å²) in [5.41, 5.74) is 0.544. The van der Waals surface area contributed by atoms with Gasteiger partial charge in [-0.2, -0.15) is 5.26 Å². The Morgan fingerprint density at radius 2 is 2.30 bits per heavy atom. The van der Waals surface area contributed by atoms with E-state index in [0.29, 0.717) is 24.0 Å². The van der Waals surface area contributed by atoms with Crippen LogP contribution in [0.4, 0.5) is 5.82 Å². The zero-order valence-corrected chi connectivity index (χ0v) is 12.6. The first-order valence-corrected chi connectivity index (χ1v) is 7.57. The van der Waals surface area contributed by atoms with Crippen molar-refractivity contribution in [1.29, 1.82) is 5.26 Å². The van der Waals surface area contributed by atoms with Crippen LogP contribution in [-0.4, -0.2) is 30.0 Å². The van der Waals surface area contributed by atoms with Gasteiger partial charge >= 0.3 is 0 Å². The summed E-state index contributed by atoms with van der Waals surface area (Å²) in [5, 5.41) is 12.2. The Kier molecular flexibility index (Phi) is 3.62. The Balaban J connectivity index is 1.70. The van der Waals surface area contributed by atoms with Crippen LogP contribution >= 0.6 is 15.9 Å². The maximum atomic E-state index is 12.1. The van der Waals surface area contributed by atoms with Gasteiger partial charge in [0.1, 0.15) is 11.9 Å². The zero-order valence-electron chi connectivity index (χ0n) is 11.0. The van der Waals surface area contributed by atoms with Gasteiger partial charge in [0.05, 0.1) is 11.5 Å². The van der Waals surface area contributed by atoms with Gasteiger partial charge in [-0.05, 0) is 41.3 Å². The van der Waals surface area contributed by atoms with E-state index in [9.17, 15) is 10.1 Å². The highest BCUT2D eigenvalue weighted by Crippen LogP contribution is 2.27. The molecule has 6 heteroatoms. The number of halogens is 1. The van der Waals surface area contributed by atoms with Gasteiger partial charge < -0.3 is 10.2 Å². The quantitative estimate of drug-likeness (QED) is 0.915. The first-order chi connectivity index (χ1) is 9.67. The van der Waals surface area contributed by atoms with Crippen molar-refractivity contribution >= 4 is 27.7 Å². The van der Waals surface area contributed by atoms with Gasteiger partial charge in [-0.15, -0.1) is 0 Å². The maximum absolute atomic E-state index is 12.1. The molecule has 0 bridgehead atoms.